The summed E-state index contributed by atoms with van der Waals surface area (Å²) in [6.45, 7) is 1.48. The Hall–Kier alpha value is -1.36. The predicted octanol–water partition coefficient (Wildman–Crippen LogP) is 2.06. The van der Waals surface area contributed by atoms with Gasteiger partial charge in [0.1, 0.15) is 6.10 Å². The summed E-state index contributed by atoms with van der Waals surface area (Å²) in [6, 6.07) is 0. The van der Waals surface area contributed by atoms with Gasteiger partial charge < -0.3 is 14.5 Å². The summed E-state index contributed by atoms with van der Waals surface area (Å²) in [5.41, 5.74) is 0.390. The molecule has 1 aromatic rings. The molecule has 18 heavy (non-hydrogen) atoms. The lowest BCUT2D eigenvalue weighted by Crippen LogP contribution is -2.32. The van der Waals surface area contributed by atoms with E-state index in [0.29, 0.717) is 17.4 Å². The molecule has 2 aliphatic rings. The van der Waals surface area contributed by atoms with Crippen LogP contribution in [0.2, 0.25) is 0 Å². The van der Waals surface area contributed by atoms with E-state index in [9.17, 15) is 4.79 Å². The van der Waals surface area contributed by atoms with Crippen LogP contribution in [0.15, 0.2) is 10.8 Å². The van der Waals surface area contributed by atoms with Crippen molar-refractivity contribution < 1.29 is 13.9 Å². The van der Waals surface area contributed by atoms with Gasteiger partial charge in [-0.1, -0.05) is 6.42 Å². The Kier molecular flexibility index (Phi) is 3.32. The number of nitrogens with zero attached hydrogens (tertiary/aromatic N) is 1. The van der Waals surface area contributed by atoms with Crippen LogP contribution in [0, 0.1) is 5.92 Å². The van der Waals surface area contributed by atoms with Gasteiger partial charge in [-0.3, -0.25) is 4.79 Å². The number of hydrogen-bond acceptors (Lipinski definition) is 4. The van der Waals surface area contributed by atoms with Crippen molar-refractivity contribution in [1.29, 1.82) is 0 Å². The van der Waals surface area contributed by atoms with Gasteiger partial charge in [0.2, 0.25) is 0 Å². The van der Waals surface area contributed by atoms with Gasteiger partial charge in [-0.2, -0.15) is 0 Å². The highest BCUT2D eigenvalue weighted by Gasteiger charge is 2.28. The van der Waals surface area contributed by atoms with Crippen LogP contribution in [0.5, 0.6) is 0 Å². The van der Waals surface area contributed by atoms with Gasteiger partial charge in [-0.15, -0.1) is 0 Å². The third-order valence-corrected chi connectivity index (χ3v) is 3.81. The maximum Gasteiger partial charge on any atom is 0.273 e. The molecule has 1 unspecified atom stereocenters. The lowest BCUT2D eigenvalue weighted by atomic mass is 9.85. The van der Waals surface area contributed by atoms with Gasteiger partial charge in [0.25, 0.3) is 5.91 Å². The van der Waals surface area contributed by atoms with Crippen LogP contribution in [-0.2, 0) is 4.74 Å². The summed E-state index contributed by atoms with van der Waals surface area (Å²) in [5, 5.41) is 2.93. The van der Waals surface area contributed by atoms with Crippen molar-refractivity contribution in [2.24, 2.45) is 5.92 Å². The quantitative estimate of drug-likeness (QED) is 0.888. The second-order valence-electron chi connectivity index (χ2n) is 5.07. The average Bonchev–Trinajstić information content (AvgIpc) is 2.97. The third kappa shape index (κ3) is 2.27. The molecule has 5 nitrogen and oxygen atoms in total. The van der Waals surface area contributed by atoms with Gasteiger partial charge in [-0.25, -0.2) is 4.98 Å². The molecular weight excluding hydrogens is 232 g/mol. The minimum Gasteiger partial charge on any atom is -0.445 e. The van der Waals surface area contributed by atoms with E-state index in [0.717, 1.165) is 26.0 Å². The summed E-state index contributed by atoms with van der Waals surface area (Å²) in [6.07, 6.45) is 6.86. The summed E-state index contributed by atoms with van der Waals surface area (Å²) >= 11 is 0. The third-order valence-electron chi connectivity index (χ3n) is 3.81. The Morgan fingerprint density at radius 2 is 2.28 bits per heavy atom. The van der Waals surface area contributed by atoms with Gasteiger partial charge in [-0.05, 0) is 31.6 Å². The number of nitrogens with one attached hydrogen (secondary N) is 1. The fourth-order valence-corrected chi connectivity index (χ4v) is 2.46. The zero-order valence-corrected chi connectivity index (χ0v) is 10.4. The Morgan fingerprint density at radius 1 is 1.39 bits per heavy atom. The smallest absolute Gasteiger partial charge is 0.273 e. The largest absolute Gasteiger partial charge is 0.445 e. The average molecular weight is 250 g/mol. The second-order valence-corrected chi connectivity index (χ2v) is 5.07. The van der Waals surface area contributed by atoms with E-state index >= 15 is 0 Å². The SMILES string of the molecule is O=C(NCC1CCC1)c1ncoc1C1CCCO1. The van der Waals surface area contributed by atoms with Crippen molar-refractivity contribution in [2.45, 2.75) is 38.2 Å². The standard InChI is InChI=1S/C13H18N2O3/c16-13(14-7-9-3-1-4-9)11-12(18-8-15-11)10-5-2-6-17-10/h8-10H,1-7H2,(H,14,16). The summed E-state index contributed by atoms with van der Waals surface area (Å²) in [7, 11) is 0. The minimum absolute atomic E-state index is 0.100. The predicted molar refractivity (Wildman–Crippen MR) is 64.1 cm³/mol. The van der Waals surface area contributed by atoms with Crippen LogP contribution in [0.1, 0.15) is 54.5 Å². The van der Waals surface area contributed by atoms with Crippen molar-refractivity contribution in [3.05, 3.63) is 17.8 Å². The molecule has 1 aliphatic carbocycles. The molecule has 1 amide bonds. The molecule has 1 atom stereocenters. The molecule has 0 bridgehead atoms. The van der Waals surface area contributed by atoms with Crippen LogP contribution in [0.4, 0.5) is 0 Å². The topological polar surface area (TPSA) is 64.4 Å². The Bertz CT molecular complexity index is 420. The zero-order chi connectivity index (χ0) is 12.4. The summed E-state index contributed by atoms with van der Waals surface area (Å²) < 4.78 is 10.9. The number of ether oxygens (including phenoxy) is 1. The van der Waals surface area contributed by atoms with Crippen molar-refractivity contribution in [3.63, 3.8) is 0 Å². The molecule has 3 rings (SSSR count). The first-order valence-corrected chi connectivity index (χ1v) is 6.68. The number of carbonyl (C=O) groups is 1. The van der Waals surface area contributed by atoms with E-state index < -0.39 is 0 Å². The first kappa shape index (κ1) is 11.7. The number of hydrogen-bond donors (Lipinski definition) is 1. The molecular formula is C13H18N2O3. The van der Waals surface area contributed by atoms with E-state index in [2.05, 4.69) is 10.3 Å². The van der Waals surface area contributed by atoms with Crippen LogP contribution >= 0.6 is 0 Å². The Balaban J connectivity index is 1.63. The summed E-state index contributed by atoms with van der Waals surface area (Å²) in [4.78, 5) is 16.1. The van der Waals surface area contributed by atoms with Crippen LogP contribution in [-0.4, -0.2) is 24.0 Å². The number of rotatable bonds is 4. The normalized spacial score (nSPS) is 23.9. The van der Waals surface area contributed by atoms with Crippen LogP contribution in [0.3, 0.4) is 0 Å². The van der Waals surface area contributed by atoms with Crippen molar-refractivity contribution in [1.82, 2.24) is 10.3 Å². The highest BCUT2D eigenvalue weighted by Crippen LogP contribution is 2.30. The highest BCUT2D eigenvalue weighted by atomic mass is 16.5. The molecule has 5 heteroatoms. The number of oxazole rings is 1. The zero-order valence-electron chi connectivity index (χ0n) is 10.4. The van der Waals surface area contributed by atoms with Crippen LogP contribution < -0.4 is 5.32 Å². The van der Waals surface area contributed by atoms with Gasteiger partial charge >= 0.3 is 0 Å². The maximum absolute atomic E-state index is 12.0. The molecule has 1 aromatic heterocycles. The molecule has 1 N–H and O–H groups in total. The fourth-order valence-electron chi connectivity index (χ4n) is 2.46. The summed E-state index contributed by atoms with van der Waals surface area (Å²) in [5.74, 6) is 1.09. The first-order chi connectivity index (χ1) is 8.84. The van der Waals surface area contributed by atoms with E-state index in [1.807, 2.05) is 0 Å². The second kappa shape index (κ2) is 5.10. The molecule has 1 saturated carbocycles. The van der Waals surface area contributed by atoms with Crippen molar-refractivity contribution in [3.8, 4) is 0 Å². The molecule has 1 aliphatic heterocycles. The molecule has 2 fully saturated rings. The van der Waals surface area contributed by atoms with E-state index in [-0.39, 0.29) is 12.0 Å². The minimum atomic E-state index is -0.138. The molecule has 98 valence electrons. The molecule has 0 spiro atoms. The molecule has 1 saturated heterocycles. The van der Waals surface area contributed by atoms with E-state index in [1.54, 1.807) is 0 Å². The number of carbonyl (C=O) groups excluding carboxylic acids is 1. The van der Waals surface area contributed by atoms with E-state index in [4.69, 9.17) is 9.15 Å². The fraction of sp³-hybridized carbons (Fsp3) is 0.692. The lowest BCUT2D eigenvalue weighted by molar-refractivity contribution is 0.0854. The maximum atomic E-state index is 12.0. The Labute approximate surface area is 106 Å². The highest BCUT2D eigenvalue weighted by molar-refractivity contribution is 5.93. The number of aromatic nitrogens is 1. The molecule has 0 aromatic carbocycles. The van der Waals surface area contributed by atoms with Crippen molar-refractivity contribution in [2.75, 3.05) is 13.2 Å². The lowest BCUT2D eigenvalue weighted by Gasteiger charge is -2.25. The molecule has 0 radical (unpaired) electrons. The first-order valence-electron chi connectivity index (χ1n) is 6.68. The van der Waals surface area contributed by atoms with Gasteiger partial charge in [0.15, 0.2) is 17.8 Å². The number of amides is 1. The monoisotopic (exact) mass is 250 g/mol. The van der Waals surface area contributed by atoms with E-state index in [1.165, 1.54) is 25.7 Å². The van der Waals surface area contributed by atoms with Gasteiger partial charge in [0.05, 0.1) is 0 Å². The van der Waals surface area contributed by atoms with Gasteiger partial charge in [0, 0.05) is 13.2 Å². The van der Waals surface area contributed by atoms with Crippen molar-refractivity contribution >= 4 is 5.91 Å². The Morgan fingerprint density at radius 3 is 2.94 bits per heavy atom. The molecule has 2 heterocycles. The van der Waals surface area contributed by atoms with Crippen LogP contribution in [0.25, 0.3) is 0 Å².